The van der Waals surface area contributed by atoms with Crippen LogP contribution >= 0.6 is 0 Å². The quantitative estimate of drug-likeness (QED) is 0.278. The molecule has 2 aliphatic rings. The van der Waals surface area contributed by atoms with Crippen LogP contribution in [0.2, 0.25) is 0 Å². The van der Waals surface area contributed by atoms with Crippen LogP contribution in [-0.2, 0) is 4.74 Å². The smallest absolute Gasteiger partial charge is 0.430 e. The van der Waals surface area contributed by atoms with Crippen LogP contribution in [-0.4, -0.2) is 37.3 Å². The molecule has 4 unspecified atom stereocenters. The number of ether oxygens (including phenoxy) is 2. The highest BCUT2D eigenvalue weighted by Gasteiger charge is 2.59. The molecule has 0 bridgehead atoms. The van der Waals surface area contributed by atoms with Crippen molar-refractivity contribution in [3.63, 3.8) is 0 Å². The van der Waals surface area contributed by atoms with Gasteiger partial charge in [0.25, 0.3) is 6.17 Å². The fraction of sp³-hybridized carbons (Fsp3) is 0.692. The lowest BCUT2D eigenvalue weighted by Crippen LogP contribution is -2.45. The molecule has 0 heterocycles. The molecule has 2 aliphatic carbocycles. The van der Waals surface area contributed by atoms with Crippen LogP contribution in [0.25, 0.3) is 0 Å². The van der Waals surface area contributed by atoms with E-state index in [-0.39, 0.29) is 0 Å². The second kappa shape index (κ2) is 11.9. The summed E-state index contributed by atoms with van der Waals surface area (Å²) in [5.41, 5.74) is 0.369. The van der Waals surface area contributed by atoms with Crippen molar-refractivity contribution in [2.24, 2.45) is 17.8 Å². The van der Waals surface area contributed by atoms with Gasteiger partial charge >= 0.3 is 12.3 Å². The average Bonchev–Trinajstić information content (AvgIpc) is 2.82. The first kappa shape index (κ1) is 27.6. The lowest BCUT2D eigenvalue weighted by Gasteiger charge is -2.38. The van der Waals surface area contributed by atoms with Crippen LogP contribution in [0.15, 0.2) is 24.3 Å². The summed E-state index contributed by atoms with van der Waals surface area (Å²) in [6.45, 7) is 2.87. The molecule has 0 saturated heterocycles. The van der Waals surface area contributed by atoms with E-state index < -0.39 is 36.3 Å². The van der Waals surface area contributed by atoms with E-state index in [1.54, 1.807) is 0 Å². The van der Waals surface area contributed by atoms with Crippen LogP contribution in [0, 0.1) is 29.6 Å². The Hall–Kier alpha value is -1.95. The van der Waals surface area contributed by atoms with Crippen LogP contribution in [0.3, 0.4) is 0 Å². The van der Waals surface area contributed by atoms with Crippen molar-refractivity contribution < 1.29 is 40.2 Å². The summed E-state index contributed by atoms with van der Waals surface area (Å²) in [4.78, 5) is 0. The Labute approximate surface area is 201 Å². The standard InChI is InChI=1S/C26H31F7O2/c1-2-15-34-21-13-9-18(10-14-21)20-8-7-19(23(27)16-20)6-3-17-4-11-22(12-5-17)35-26(32,33)24(28)25(29,30)31/h4-5,11-12,18-21,23-24H,2,7-10,13-16H2,1H3. The molecule has 1 aromatic rings. The summed E-state index contributed by atoms with van der Waals surface area (Å²) in [6.07, 6.45) is -8.83. The number of alkyl halides is 7. The minimum Gasteiger partial charge on any atom is -0.430 e. The predicted molar refractivity (Wildman–Crippen MR) is 118 cm³/mol. The monoisotopic (exact) mass is 508 g/mol. The molecule has 0 N–H and O–H groups in total. The third kappa shape index (κ3) is 7.77. The van der Waals surface area contributed by atoms with E-state index in [4.69, 9.17) is 4.74 Å². The van der Waals surface area contributed by atoms with Crippen molar-refractivity contribution in [2.45, 2.75) is 89.0 Å². The number of benzene rings is 1. The molecule has 35 heavy (non-hydrogen) atoms. The molecular formula is C26H31F7O2. The van der Waals surface area contributed by atoms with Crippen LogP contribution in [0.4, 0.5) is 30.7 Å². The normalized spacial score (nSPS) is 28.6. The van der Waals surface area contributed by atoms with Crippen molar-refractivity contribution in [1.29, 1.82) is 0 Å². The van der Waals surface area contributed by atoms with Gasteiger partial charge in [0, 0.05) is 12.2 Å². The number of rotatable bonds is 7. The van der Waals surface area contributed by atoms with Crippen LogP contribution < -0.4 is 4.74 Å². The van der Waals surface area contributed by atoms with Gasteiger partial charge in [-0.1, -0.05) is 18.8 Å². The topological polar surface area (TPSA) is 18.5 Å². The van der Waals surface area contributed by atoms with E-state index in [0.29, 0.717) is 36.3 Å². The second-order valence-electron chi connectivity index (χ2n) is 9.46. The molecule has 4 atom stereocenters. The zero-order valence-electron chi connectivity index (χ0n) is 19.6. The van der Waals surface area contributed by atoms with Gasteiger partial charge in [0.1, 0.15) is 11.9 Å². The van der Waals surface area contributed by atoms with Crippen molar-refractivity contribution in [1.82, 2.24) is 0 Å². The molecule has 1 aromatic carbocycles. The van der Waals surface area contributed by atoms with Crippen molar-refractivity contribution in [3.8, 4) is 17.6 Å². The predicted octanol–water partition coefficient (Wildman–Crippen LogP) is 7.65. The molecule has 0 amide bonds. The van der Waals surface area contributed by atoms with Gasteiger partial charge in [0.15, 0.2) is 0 Å². The molecule has 0 aliphatic heterocycles. The molecule has 3 rings (SSSR count). The maximum Gasteiger partial charge on any atom is 0.439 e. The van der Waals surface area contributed by atoms with Gasteiger partial charge in [-0.2, -0.15) is 22.0 Å². The maximum absolute atomic E-state index is 14.9. The maximum atomic E-state index is 14.9. The van der Waals surface area contributed by atoms with Gasteiger partial charge in [-0.3, -0.25) is 0 Å². The Balaban J connectivity index is 1.50. The summed E-state index contributed by atoms with van der Waals surface area (Å²) in [5, 5.41) is 0. The van der Waals surface area contributed by atoms with Crippen LogP contribution in [0.1, 0.15) is 63.9 Å². The third-order valence-corrected chi connectivity index (χ3v) is 6.85. The molecule has 196 valence electrons. The molecule has 0 spiro atoms. The van der Waals surface area contributed by atoms with E-state index >= 15 is 0 Å². The van der Waals surface area contributed by atoms with E-state index in [2.05, 4.69) is 23.5 Å². The largest absolute Gasteiger partial charge is 0.439 e. The average molecular weight is 509 g/mol. The highest BCUT2D eigenvalue weighted by Crippen LogP contribution is 2.41. The minimum absolute atomic E-state index is 0.320. The third-order valence-electron chi connectivity index (χ3n) is 6.85. The van der Waals surface area contributed by atoms with Crippen LogP contribution in [0.5, 0.6) is 5.75 Å². The van der Waals surface area contributed by atoms with E-state index in [1.165, 1.54) is 12.1 Å². The summed E-state index contributed by atoms with van der Waals surface area (Å²) < 4.78 is 101. The fourth-order valence-corrected chi connectivity index (χ4v) is 4.93. The Morgan fingerprint density at radius 1 is 0.943 bits per heavy atom. The summed E-state index contributed by atoms with van der Waals surface area (Å²) in [7, 11) is 0. The van der Waals surface area contributed by atoms with Gasteiger partial charge in [0.2, 0.25) is 0 Å². The first-order valence-corrected chi connectivity index (χ1v) is 12.1. The number of halogens is 7. The van der Waals surface area contributed by atoms with E-state index in [0.717, 1.165) is 57.3 Å². The van der Waals surface area contributed by atoms with E-state index in [1.807, 2.05) is 0 Å². The lowest BCUT2D eigenvalue weighted by atomic mass is 9.70. The molecular weight excluding hydrogens is 477 g/mol. The number of hydrogen-bond donors (Lipinski definition) is 0. The number of hydrogen-bond acceptors (Lipinski definition) is 2. The second-order valence-corrected chi connectivity index (χ2v) is 9.46. The molecule has 0 aromatic heterocycles. The Morgan fingerprint density at radius 2 is 1.57 bits per heavy atom. The van der Waals surface area contributed by atoms with Crippen molar-refractivity contribution >= 4 is 0 Å². The highest BCUT2D eigenvalue weighted by atomic mass is 19.4. The minimum atomic E-state index is -5.75. The van der Waals surface area contributed by atoms with Gasteiger partial charge < -0.3 is 9.47 Å². The Morgan fingerprint density at radius 3 is 2.14 bits per heavy atom. The first-order chi connectivity index (χ1) is 16.5. The molecule has 9 heteroatoms. The van der Waals surface area contributed by atoms with Gasteiger partial charge in [-0.25, -0.2) is 8.78 Å². The van der Waals surface area contributed by atoms with Gasteiger partial charge in [-0.05, 0) is 87.5 Å². The van der Waals surface area contributed by atoms with Gasteiger partial charge in [0.05, 0.1) is 12.0 Å². The SMILES string of the molecule is CCCOC1CCC(C2CCC(C#Cc3ccc(OC(F)(F)C(F)C(F)(F)F)cc3)C(F)C2)CC1. The zero-order chi connectivity index (χ0) is 25.6. The van der Waals surface area contributed by atoms with Gasteiger partial charge in [-0.15, -0.1) is 0 Å². The zero-order valence-corrected chi connectivity index (χ0v) is 19.6. The first-order valence-electron chi connectivity index (χ1n) is 12.1. The lowest BCUT2D eigenvalue weighted by molar-refractivity contribution is -0.304. The van der Waals surface area contributed by atoms with Crippen molar-refractivity contribution in [2.75, 3.05) is 6.61 Å². The van der Waals surface area contributed by atoms with Crippen molar-refractivity contribution in [3.05, 3.63) is 29.8 Å². The molecule has 2 nitrogen and oxygen atoms in total. The fourth-order valence-electron chi connectivity index (χ4n) is 4.93. The molecule has 0 radical (unpaired) electrons. The molecule has 2 saturated carbocycles. The summed E-state index contributed by atoms with van der Waals surface area (Å²) in [6, 6.07) is 4.48. The van der Waals surface area contributed by atoms with E-state index in [9.17, 15) is 30.7 Å². The summed E-state index contributed by atoms with van der Waals surface area (Å²) in [5.74, 6) is 5.48. The highest BCUT2D eigenvalue weighted by molar-refractivity contribution is 5.39. The Bertz CT molecular complexity index is 851. The molecule has 2 fully saturated rings. The summed E-state index contributed by atoms with van der Waals surface area (Å²) >= 11 is 0. The Kier molecular flexibility index (Phi) is 9.36.